The highest BCUT2D eigenvalue weighted by Crippen LogP contribution is 2.21. The van der Waals surface area contributed by atoms with Gasteiger partial charge in [-0.2, -0.15) is 0 Å². The summed E-state index contributed by atoms with van der Waals surface area (Å²) in [5.41, 5.74) is 5.47. The molecule has 1 rings (SSSR count). The van der Waals surface area contributed by atoms with Gasteiger partial charge < -0.3 is 16.0 Å². The summed E-state index contributed by atoms with van der Waals surface area (Å²) >= 11 is 0. The molecule has 0 aromatic heterocycles. The van der Waals surface area contributed by atoms with Crippen molar-refractivity contribution in [1.29, 1.82) is 0 Å². The number of carbonyl (C=O) groups excluding carboxylic acids is 1. The lowest BCUT2D eigenvalue weighted by molar-refractivity contribution is -0.120. The lowest BCUT2D eigenvalue weighted by atomic mass is 10.1. The summed E-state index contributed by atoms with van der Waals surface area (Å²) in [4.78, 5) is 13.8. The van der Waals surface area contributed by atoms with E-state index in [1.54, 1.807) is 0 Å². The van der Waals surface area contributed by atoms with Gasteiger partial charge in [0.05, 0.1) is 6.04 Å². The van der Waals surface area contributed by atoms with Gasteiger partial charge in [0.25, 0.3) is 0 Å². The van der Waals surface area contributed by atoms with Gasteiger partial charge >= 0.3 is 0 Å². The first-order valence-electron chi connectivity index (χ1n) is 7.26. The van der Waals surface area contributed by atoms with Crippen LogP contribution in [0, 0.1) is 0 Å². The van der Waals surface area contributed by atoms with Crippen LogP contribution in [0.25, 0.3) is 0 Å². The average molecular weight is 255 g/mol. The number of hydrogen-bond donors (Lipinski definition) is 2. The summed E-state index contributed by atoms with van der Waals surface area (Å²) in [6.07, 6.45) is 7.84. The van der Waals surface area contributed by atoms with Crippen molar-refractivity contribution in [3.8, 4) is 0 Å². The van der Waals surface area contributed by atoms with E-state index in [1.165, 1.54) is 38.5 Å². The molecular formula is C14H29N3O. The fraction of sp³-hybridized carbons (Fsp3) is 0.929. The van der Waals surface area contributed by atoms with Gasteiger partial charge in [0.2, 0.25) is 5.91 Å². The largest absolute Gasteiger partial charge is 0.368 e. The normalized spacial score (nSPS) is 20.1. The van der Waals surface area contributed by atoms with Gasteiger partial charge in [0.15, 0.2) is 0 Å². The highest BCUT2D eigenvalue weighted by atomic mass is 16.1. The second-order valence-electron chi connectivity index (χ2n) is 5.86. The van der Waals surface area contributed by atoms with E-state index in [9.17, 15) is 4.79 Å². The number of nitrogens with zero attached hydrogens (tertiary/aromatic N) is 1. The molecule has 0 radical (unpaired) electrons. The smallest absolute Gasteiger partial charge is 0.235 e. The van der Waals surface area contributed by atoms with Crippen LogP contribution in [0.1, 0.15) is 52.4 Å². The van der Waals surface area contributed by atoms with Crippen LogP contribution in [0.4, 0.5) is 0 Å². The molecule has 106 valence electrons. The van der Waals surface area contributed by atoms with Crippen molar-refractivity contribution in [2.75, 3.05) is 13.6 Å². The maximum Gasteiger partial charge on any atom is 0.235 e. The Bertz CT molecular complexity index is 247. The van der Waals surface area contributed by atoms with Gasteiger partial charge in [0, 0.05) is 18.6 Å². The SMILES string of the molecule is CC(C)NC(CN(C)C1CCCCCC1)C(N)=O. The Labute approximate surface area is 111 Å². The van der Waals surface area contributed by atoms with Crippen LogP contribution in [0.5, 0.6) is 0 Å². The Morgan fingerprint density at radius 2 is 1.83 bits per heavy atom. The van der Waals surface area contributed by atoms with Crippen LogP contribution in [0.2, 0.25) is 0 Å². The first kappa shape index (κ1) is 15.4. The zero-order chi connectivity index (χ0) is 13.5. The summed E-state index contributed by atoms with van der Waals surface area (Å²) < 4.78 is 0. The van der Waals surface area contributed by atoms with Gasteiger partial charge in [-0.15, -0.1) is 0 Å². The van der Waals surface area contributed by atoms with Gasteiger partial charge in [0.1, 0.15) is 0 Å². The second-order valence-corrected chi connectivity index (χ2v) is 5.86. The van der Waals surface area contributed by atoms with Crippen LogP contribution >= 0.6 is 0 Å². The van der Waals surface area contributed by atoms with Crippen molar-refractivity contribution in [3.05, 3.63) is 0 Å². The third-order valence-corrected chi connectivity index (χ3v) is 3.80. The van der Waals surface area contributed by atoms with E-state index >= 15 is 0 Å². The molecule has 1 atom stereocenters. The predicted molar refractivity (Wildman–Crippen MR) is 75.4 cm³/mol. The van der Waals surface area contributed by atoms with Crippen molar-refractivity contribution in [2.24, 2.45) is 5.73 Å². The molecule has 0 aromatic carbocycles. The summed E-state index contributed by atoms with van der Waals surface area (Å²) in [5, 5.41) is 3.25. The predicted octanol–water partition coefficient (Wildman–Crippen LogP) is 1.49. The summed E-state index contributed by atoms with van der Waals surface area (Å²) in [6, 6.07) is 0.659. The zero-order valence-electron chi connectivity index (χ0n) is 12.1. The third-order valence-electron chi connectivity index (χ3n) is 3.80. The number of carbonyl (C=O) groups is 1. The molecule has 1 amide bonds. The van der Waals surface area contributed by atoms with Gasteiger partial charge in [-0.05, 0) is 19.9 Å². The molecular weight excluding hydrogens is 226 g/mol. The van der Waals surface area contributed by atoms with E-state index in [4.69, 9.17) is 5.73 Å². The van der Waals surface area contributed by atoms with E-state index in [0.717, 1.165) is 6.54 Å². The van der Waals surface area contributed by atoms with Gasteiger partial charge in [-0.1, -0.05) is 39.5 Å². The molecule has 4 heteroatoms. The maximum atomic E-state index is 11.5. The lowest BCUT2D eigenvalue weighted by Crippen LogP contribution is -2.52. The summed E-state index contributed by atoms with van der Waals surface area (Å²) in [6.45, 7) is 4.81. The summed E-state index contributed by atoms with van der Waals surface area (Å²) in [5.74, 6) is -0.246. The molecule has 0 saturated heterocycles. The van der Waals surface area contributed by atoms with Crippen LogP contribution in [-0.2, 0) is 4.79 Å². The molecule has 1 saturated carbocycles. The number of amides is 1. The van der Waals surface area contributed by atoms with Gasteiger partial charge in [-0.25, -0.2) is 0 Å². The van der Waals surface area contributed by atoms with Crippen LogP contribution < -0.4 is 11.1 Å². The highest BCUT2D eigenvalue weighted by molar-refractivity contribution is 5.80. The highest BCUT2D eigenvalue weighted by Gasteiger charge is 2.23. The number of primary amides is 1. The van der Waals surface area contributed by atoms with E-state index < -0.39 is 0 Å². The molecule has 1 aliphatic rings. The molecule has 0 spiro atoms. The Hall–Kier alpha value is -0.610. The standard InChI is InChI=1S/C14H29N3O/c1-11(2)16-13(14(15)18)10-17(3)12-8-6-4-5-7-9-12/h11-13,16H,4-10H2,1-3H3,(H2,15,18). The minimum atomic E-state index is -0.246. The third kappa shape index (κ3) is 5.36. The number of likely N-dealkylation sites (N-methyl/N-ethyl adjacent to an activating group) is 1. The van der Waals surface area contributed by atoms with Crippen molar-refractivity contribution < 1.29 is 4.79 Å². The van der Waals surface area contributed by atoms with Gasteiger partial charge in [-0.3, -0.25) is 4.79 Å². The fourth-order valence-corrected chi connectivity index (χ4v) is 2.76. The van der Waals surface area contributed by atoms with Crippen molar-refractivity contribution in [1.82, 2.24) is 10.2 Å². The molecule has 0 heterocycles. The molecule has 18 heavy (non-hydrogen) atoms. The monoisotopic (exact) mass is 255 g/mol. The van der Waals surface area contributed by atoms with Crippen molar-refractivity contribution in [3.63, 3.8) is 0 Å². The van der Waals surface area contributed by atoms with Crippen molar-refractivity contribution in [2.45, 2.75) is 70.5 Å². The maximum absolute atomic E-state index is 11.5. The number of hydrogen-bond acceptors (Lipinski definition) is 3. The minimum absolute atomic E-state index is 0.238. The van der Waals surface area contributed by atoms with E-state index in [2.05, 4.69) is 17.3 Å². The molecule has 1 unspecified atom stereocenters. The zero-order valence-corrected chi connectivity index (χ0v) is 12.1. The molecule has 0 aromatic rings. The minimum Gasteiger partial charge on any atom is -0.368 e. The number of rotatable bonds is 6. The van der Waals surface area contributed by atoms with Crippen molar-refractivity contribution >= 4 is 5.91 Å². The summed E-state index contributed by atoms with van der Waals surface area (Å²) in [7, 11) is 2.12. The Morgan fingerprint density at radius 3 is 2.28 bits per heavy atom. The molecule has 4 nitrogen and oxygen atoms in total. The lowest BCUT2D eigenvalue weighted by Gasteiger charge is -2.30. The second kappa shape index (κ2) is 7.74. The van der Waals surface area contributed by atoms with E-state index in [-0.39, 0.29) is 18.0 Å². The Morgan fingerprint density at radius 1 is 1.28 bits per heavy atom. The molecule has 3 N–H and O–H groups in total. The topological polar surface area (TPSA) is 58.4 Å². The fourth-order valence-electron chi connectivity index (χ4n) is 2.76. The Kier molecular flexibility index (Phi) is 6.65. The number of nitrogens with two attached hydrogens (primary N) is 1. The quantitative estimate of drug-likeness (QED) is 0.707. The number of nitrogens with one attached hydrogen (secondary N) is 1. The molecule has 0 aliphatic heterocycles. The molecule has 0 bridgehead atoms. The van der Waals surface area contributed by atoms with Crippen LogP contribution in [0.3, 0.4) is 0 Å². The molecule has 1 aliphatic carbocycles. The van der Waals surface area contributed by atoms with Crippen LogP contribution in [0.15, 0.2) is 0 Å². The first-order valence-corrected chi connectivity index (χ1v) is 7.26. The van der Waals surface area contributed by atoms with E-state index in [0.29, 0.717) is 6.04 Å². The first-order chi connectivity index (χ1) is 8.50. The molecule has 1 fully saturated rings. The van der Waals surface area contributed by atoms with E-state index in [1.807, 2.05) is 13.8 Å². The Balaban J connectivity index is 2.48. The average Bonchev–Trinajstić information content (AvgIpc) is 2.55. The van der Waals surface area contributed by atoms with Crippen LogP contribution in [-0.4, -0.2) is 42.5 Å².